The molecule has 0 aromatic heterocycles. The van der Waals surface area contributed by atoms with Gasteiger partial charge in [0.25, 0.3) is 0 Å². The van der Waals surface area contributed by atoms with E-state index < -0.39 is 35.6 Å². The predicted molar refractivity (Wildman–Crippen MR) is 101 cm³/mol. The molecule has 0 fully saturated rings. The van der Waals surface area contributed by atoms with Gasteiger partial charge in [0, 0.05) is 5.70 Å². The summed E-state index contributed by atoms with van der Waals surface area (Å²) >= 11 is 0. The van der Waals surface area contributed by atoms with E-state index in [0.29, 0.717) is 23.3 Å². The number of nitrogens with zero attached hydrogens (tertiary/aromatic N) is 2. The maximum absolute atomic E-state index is 13.7. The van der Waals surface area contributed by atoms with Crippen LogP contribution in [0.25, 0.3) is 0 Å². The molecule has 2 aromatic carbocycles. The Balaban J connectivity index is 2.15. The summed E-state index contributed by atoms with van der Waals surface area (Å²) in [5, 5.41) is 11.5. The van der Waals surface area contributed by atoms with Gasteiger partial charge < -0.3 is 10.1 Å². The molecule has 0 spiro atoms. The van der Waals surface area contributed by atoms with Crippen molar-refractivity contribution >= 4 is 17.7 Å². The smallest absolute Gasteiger partial charge is 0.419 e. The van der Waals surface area contributed by atoms with Crippen molar-refractivity contribution in [1.82, 2.24) is 5.32 Å². The molecule has 0 saturated carbocycles. The highest BCUT2D eigenvalue weighted by Gasteiger charge is 2.39. The zero-order chi connectivity index (χ0) is 22.9. The lowest BCUT2D eigenvalue weighted by molar-refractivity contribution is -0.140. The Hall–Kier alpha value is -3.87. The molecule has 0 radical (unpaired) electrons. The molecular formula is C21H15F4N3O3. The predicted octanol–water partition coefficient (Wildman–Crippen LogP) is 4.43. The first-order valence-electron chi connectivity index (χ1n) is 8.85. The lowest BCUT2D eigenvalue weighted by Gasteiger charge is -2.35. The summed E-state index contributed by atoms with van der Waals surface area (Å²) in [5.41, 5.74) is -1.00. The van der Waals surface area contributed by atoms with E-state index in [4.69, 9.17) is 10.00 Å². The maximum atomic E-state index is 13.7. The van der Waals surface area contributed by atoms with Crippen LogP contribution in [0.1, 0.15) is 29.7 Å². The Kier molecular flexibility index (Phi) is 5.71. The summed E-state index contributed by atoms with van der Waals surface area (Å²) in [6, 6.07) is 8.32. The van der Waals surface area contributed by atoms with Gasteiger partial charge in [-0.1, -0.05) is 12.1 Å². The highest BCUT2D eigenvalue weighted by molar-refractivity contribution is 6.03. The van der Waals surface area contributed by atoms with Gasteiger partial charge in [-0.2, -0.15) is 18.4 Å². The van der Waals surface area contributed by atoms with E-state index in [1.54, 1.807) is 0 Å². The van der Waals surface area contributed by atoms with E-state index in [1.807, 2.05) is 6.07 Å². The lowest BCUT2D eigenvalue weighted by atomic mass is 9.94. The average molecular weight is 433 g/mol. The zero-order valence-electron chi connectivity index (χ0n) is 16.2. The van der Waals surface area contributed by atoms with Crippen molar-refractivity contribution in [3.63, 3.8) is 0 Å². The second kappa shape index (κ2) is 8.10. The van der Waals surface area contributed by atoms with Gasteiger partial charge in [-0.05, 0) is 42.8 Å². The number of halogens is 4. The van der Waals surface area contributed by atoms with Crippen LogP contribution in [-0.4, -0.2) is 19.1 Å². The number of esters is 1. The van der Waals surface area contributed by atoms with Gasteiger partial charge in [0.05, 0.1) is 41.6 Å². The van der Waals surface area contributed by atoms with Gasteiger partial charge in [-0.25, -0.2) is 14.0 Å². The summed E-state index contributed by atoms with van der Waals surface area (Å²) < 4.78 is 57.9. The minimum atomic E-state index is -4.97. The van der Waals surface area contributed by atoms with Crippen molar-refractivity contribution in [3.05, 3.63) is 76.2 Å². The molecule has 1 unspecified atom stereocenters. The molecule has 1 aliphatic rings. The van der Waals surface area contributed by atoms with Crippen LogP contribution >= 0.6 is 0 Å². The molecule has 160 valence electrons. The van der Waals surface area contributed by atoms with Crippen LogP contribution in [0.2, 0.25) is 0 Å². The zero-order valence-corrected chi connectivity index (χ0v) is 16.2. The SMILES string of the molecule is COC(=O)C1=C(C)N(c2ccc(F)c(C(F)(F)F)c2)C(=O)NC1c1ccc(C#N)cc1. The number of anilines is 1. The number of nitriles is 1. The van der Waals surface area contributed by atoms with Crippen LogP contribution in [0.5, 0.6) is 0 Å². The Labute approximate surface area is 174 Å². The van der Waals surface area contributed by atoms with Crippen LogP contribution in [-0.2, 0) is 15.7 Å². The Morgan fingerprint density at radius 2 is 1.84 bits per heavy atom. The van der Waals surface area contributed by atoms with Crippen LogP contribution in [0.3, 0.4) is 0 Å². The highest BCUT2D eigenvalue weighted by Crippen LogP contribution is 2.38. The van der Waals surface area contributed by atoms with E-state index in [1.165, 1.54) is 31.2 Å². The van der Waals surface area contributed by atoms with E-state index >= 15 is 0 Å². The largest absolute Gasteiger partial charge is 0.466 e. The first-order chi connectivity index (χ1) is 14.6. The number of benzene rings is 2. The van der Waals surface area contributed by atoms with Gasteiger partial charge in [0.15, 0.2) is 0 Å². The third-order valence-electron chi connectivity index (χ3n) is 4.78. The number of ether oxygens (including phenoxy) is 1. The van der Waals surface area contributed by atoms with Crippen LogP contribution in [0.15, 0.2) is 53.7 Å². The van der Waals surface area contributed by atoms with Gasteiger partial charge in [0.2, 0.25) is 0 Å². The second-order valence-corrected chi connectivity index (χ2v) is 6.60. The molecule has 6 nitrogen and oxygen atoms in total. The molecule has 31 heavy (non-hydrogen) atoms. The fourth-order valence-electron chi connectivity index (χ4n) is 3.30. The summed E-state index contributed by atoms with van der Waals surface area (Å²) in [4.78, 5) is 26.2. The van der Waals surface area contributed by atoms with Crippen molar-refractivity contribution in [1.29, 1.82) is 5.26 Å². The summed E-state index contributed by atoms with van der Waals surface area (Å²) in [5.74, 6) is -2.30. The molecule has 0 aliphatic carbocycles. The number of carbonyl (C=O) groups excluding carboxylic acids is 2. The molecule has 2 amide bonds. The number of amides is 2. The van der Waals surface area contributed by atoms with Gasteiger partial charge in [0.1, 0.15) is 5.82 Å². The summed E-state index contributed by atoms with van der Waals surface area (Å²) in [7, 11) is 1.12. The number of nitrogens with one attached hydrogen (secondary N) is 1. The van der Waals surface area contributed by atoms with Crippen molar-refractivity contribution in [2.75, 3.05) is 12.0 Å². The molecule has 1 N–H and O–H groups in total. The Bertz CT molecular complexity index is 1120. The fraction of sp³-hybridized carbons (Fsp3) is 0.190. The molecule has 10 heteroatoms. The number of urea groups is 1. The second-order valence-electron chi connectivity index (χ2n) is 6.60. The lowest BCUT2D eigenvalue weighted by Crippen LogP contribution is -2.48. The standard InChI is InChI=1S/C21H15F4N3O3/c1-11-17(19(29)31-2)18(13-5-3-12(10-26)4-6-13)27-20(30)28(11)14-7-8-16(22)15(9-14)21(23,24)25/h3-9,18H,1-2H3,(H,27,30). The first kappa shape index (κ1) is 21.8. The number of methoxy groups -OCH3 is 1. The number of hydrogen-bond acceptors (Lipinski definition) is 4. The minimum absolute atomic E-state index is 0.0182. The number of hydrogen-bond donors (Lipinski definition) is 1. The van der Waals surface area contributed by atoms with Crippen LogP contribution in [0.4, 0.5) is 28.0 Å². The van der Waals surface area contributed by atoms with E-state index in [-0.39, 0.29) is 17.0 Å². The topological polar surface area (TPSA) is 82.4 Å². The molecule has 0 bridgehead atoms. The molecule has 3 rings (SSSR count). The number of carbonyl (C=O) groups is 2. The number of rotatable bonds is 3. The average Bonchev–Trinajstić information content (AvgIpc) is 2.73. The van der Waals surface area contributed by atoms with Crippen molar-refractivity contribution < 1.29 is 31.9 Å². The Morgan fingerprint density at radius 3 is 2.39 bits per heavy atom. The number of alkyl halides is 3. The maximum Gasteiger partial charge on any atom is 0.419 e. The first-order valence-corrected chi connectivity index (χ1v) is 8.85. The third kappa shape index (κ3) is 4.07. The van der Waals surface area contributed by atoms with Gasteiger partial charge in [-0.15, -0.1) is 0 Å². The van der Waals surface area contributed by atoms with Crippen molar-refractivity contribution in [2.45, 2.75) is 19.1 Å². The van der Waals surface area contributed by atoms with E-state index in [2.05, 4.69) is 5.32 Å². The summed E-state index contributed by atoms with van der Waals surface area (Å²) in [6.07, 6.45) is -4.97. The Morgan fingerprint density at radius 1 is 1.19 bits per heavy atom. The molecule has 0 saturated heterocycles. The molecule has 1 heterocycles. The normalized spacial score (nSPS) is 16.6. The van der Waals surface area contributed by atoms with E-state index in [0.717, 1.165) is 18.1 Å². The fourth-order valence-corrected chi connectivity index (χ4v) is 3.30. The quantitative estimate of drug-likeness (QED) is 0.573. The summed E-state index contributed by atoms with van der Waals surface area (Å²) in [6.45, 7) is 1.37. The molecule has 1 atom stereocenters. The monoisotopic (exact) mass is 433 g/mol. The third-order valence-corrected chi connectivity index (χ3v) is 4.78. The molecule has 2 aromatic rings. The van der Waals surface area contributed by atoms with Crippen LogP contribution < -0.4 is 10.2 Å². The van der Waals surface area contributed by atoms with Crippen molar-refractivity contribution in [2.24, 2.45) is 0 Å². The van der Waals surface area contributed by atoms with E-state index in [9.17, 15) is 27.2 Å². The molecule has 1 aliphatic heterocycles. The minimum Gasteiger partial charge on any atom is -0.466 e. The number of allylic oxidation sites excluding steroid dienone is 1. The van der Waals surface area contributed by atoms with Gasteiger partial charge in [-0.3, -0.25) is 4.90 Å². The van der Waals surface area contributed by atoms with Gasteiger partial charge >= 0.3 is 18.2 Å². The molecular weight excluding hydrogens is 418 g/mol. The van der Waals surface area contributed by atoms with Crippen molar-refractivity contribution in [3.8, 4) is 6.07 Å². The highest BCUT2D eigenvalue weighted by atomic mass is 19.4. The van der Waals surface area contributed by atoms with Crippen LogP contribution in [0, 0.1) is 17.1 Å².